The second-order valence-corrected chi connectivity index (χ2v) is 4.58. The van der Waals surface area contributed by atoms with Crippen LogP contribution in [0.5, 0.6) is 0 Å². The normalized spacial score (nSPS) is 16.8. The standard InChI is InChI=1S/C13H17NO2/c1-9(2)12(8-15)14-7-10-5-3-4-6-11(10)13(14)16/h3-6,9,12,15H,7-8H2,1-2H3/t12-/m0/s1. The van der Waals surface area contributed by atoms with Crippen molar-refractivity contribution in [3.05, 3.63) is 35.4 Å². The first-order chi connectivity index (χ1) is 7.65. The molecule has 1 aromatic carbocycles. The van der Waals surface area contributed by atoms with Gasteiger partial charge in [0.25, 0.3) is 5.91 Å². The van der Waals surface area contributed by atoms with Crippen LogP contribution in [0.2, 0.25) is 0 Å². The molecule has 0 saturated heterocycles. The summed E-state index contributed by atoms with van der Waals surface area (Å²) in [6.45, 7) is 4.70. The number of carbonyl (C=O) groups excluding carboxylic acids is 1. The number of carbonyl (C=O) groups is 1. The van der Waals surface area contributed by atoms with E-state index in [2.05, 4.69) is 0 Å². The van der Waals surface area contributed by atoms with E-state index >= 15 is 0 Å². The van der Waals surface area contributed by atoms with Gasteiger partial charge in [0.05, 0.1) is 12.6 Å². The molecule has 1 atom stereocenters. The van der Waals surface area contributed by atoms with Crippen molar-refractivity contribution in [3.63, 3.8) is 0 Å². The van der Waals surface area contributed by atoms with E-state index in [-0.39, 0.29) is 24.5 Å². The molecule has 0 aromatic heterocycles. The molecule has 3 heteroatoms. The molecule has 86 valence electrons. The molecule has 0 aliphatic carbocycles. The van der Waals surface area contributed by atoms with E-state index in [4.69, 9.17) is 0 Å². The molecule has 0 bridgehead atoms. The van der Waals surface area contributed by atoms with Crippen LogP contribution in [0.3, 0.4) is 0 Å². The maximum atomic E-state index is 12.1. The molecule has 0 spiro atoms. The van der Waals surface area contributed by atoms with Crippen LogP contribution < -0.4 is 0 Å². The van der Waals surface area contributed by atoms with Crippen LogP contribution in [0.15, 0.2) is 24.3 Å². The molecule has 16 heavy (non-hydrogen) atoms. The first-order valence-electron chi connectivity index (χ1n) is 5.65. The minimum atomic E-state index is -0.0834. The summed E-state index contributed by atoms with van der Waals surface area (Å²) >= 11 is 0. The predicted octanol–water partition coefficient (Wildman–Crippen LogP) is 1.66. The summed E-state index contributed by atoms with van der Waals surface area (Å²) in [5, 5.41) is 9.36. The van der Waals surface area contributed by atoms with Crippen molar-refractivity contribution in [3.8, 4) is 0 Å². The van der Waals surface area contributed by atoms with E-state index < -0.39 is 0 Å². The van der Waals surface area contributed by atoms with Crippen molar-refractivity contribution in [1.82, 2.24) is 4.90 Å². The summed E-state index contributed by atoms with van der Waals surface area (Å²) in [5.41, 5.74) is 1.84. The van der Waals surface area contributed by atoms with Gasteiger partial charge in [-0.2, -0.15) is 0 Å². The van der Waals surface area contributed by atoms with E-state index in [1.165, 1.54) is 0 Å². The molecule has 0 saturated carbocycles. The lowest BCUT2D eigenvalue weighted by Crippen LogP contribution is -2.41. The number of rotatable bonds is 3. The van der Waals surface area contributed by atoms with Crippen LogP contribution in [0.25, 0.3) is 0 Å². The van der Waals surface area contributed by atoms with Gasteiger partial charge < -0.3 is 10.0 Å². The molecule has 1 aliphatic rings. The molecule has 1 aromatic rings. The summed E-state index contributed by atoms with van der Waals surface area (Å²) in [4.78, 5) is 13.9. The minimum Gasteiger partial charge on any atom is -0.394 e. The average Bonchev–Trinajstić information content (AvgIpc) is 2.58. The van der Waals surface area contributed by atoms with Crippen molar-refractivity contribution in [2.75, 3.05) is 6.61 Å². The van der Waals surface area contributed by atoms with Gasteiger partial charge >= 0.3 is 0 Å². The summed E-state index contributed by atoms with van der Waals surface area (Å²) < 4.78 is 0. The Bertz CT molecular complexity index is 401. The van der Waals surface area contributed by atoms with Gasteiger partial charge in [0.15, 0.2) is 0 Å². The van der Waals surface area contributed by atoms with Crippen molar-refractivity contribution in [2.45, 2.75) is 26.4 Å². The first-order valence-corrected chi connectivity index (χ1v) is 5.65. The maximum absolute atomic E-state index is 12.1. The fourth-order valence-corrected chi connectivity index (χ4v) is 2.21. The number of aliphatic hydroxyl groups excluding tert-OH is 1. The van der Waals surface area contributed by atoms with Gasteiger partial charge in [-0.3, -0.25) is 4.79 Å². The summed E-state index contributed by atoms with van der Waals surface area (Å²) in [7, 11) is 0. The van der Waals surface area contributed by atoms with Gasteiger partial charge in [-0.15, -0.1) is 0 Å². The maximum Gasteiger partial charge on any atom is 0.254 e. The molecule has 1 N–H and O–H groups in total. The number of amides is 1. The molecular weight excluding hydrogens is 202 g/mol. The van der Waals surface area contributed by atoms with Crippen LogP contribution in [-0.2, 0) is 6.54 Å². The zero-order chi connectivity index (χ0) is 11.7. The molecule has 1 aliphatic heterocycles. The Kier molecular flexibility index (Phi) is 2.97. The zero-order valence-electron chi connectivity index (χ0n) is 9.68. The van der Waals surface area contributed by atoms with Gasteiger partial charge in [0.1, 0.15) is 0 Å². The Morgan fingerprint density at radius 3 is 2.62 bits per heavy atom. The lowest BCUT2D eigenvalue weighted by Gasteiger charge is -2.29. The number of hydrogen-bond acceptors (Lipinski definition) is 2. The third-order valence-electron chi connectivity index (χ3n) is 3.21. The van der Waals surface area contributed by atoms with Gasteiger partial charge in [0.2, 0.25) is 0 Å². The zero-order valence-corrected chi connectivity index (χ0v) is 9.68. The van der Waals surface area contributed by atoms with E-state index in [1.54, 1.807) is 4.90 Å². The fourth-order valence-electron chi connectivity index (χ4n) is 2.21. The quantitative estimate of drug-likeness (QED) is 0.840. The van der Waals surface area contributed by atoms with Gasteiger partial charge in [-0.25, -0.2) is 0 Å². The Morgan fingerprint density at radius 2 is 2.06 bits per heavy atom. The molecule has 0 fully saturated rings. The van der Waals surface area contributed by atoms with Crippen LogP contribution in [0, 0.1) is 5.92 Å². The predicted molar refractivity (Wildman–Crippen MR) is 62.0 cm³/mol. The topological polar surface area (TPSA) is 40.5 Å². The van der Waals surface area contributed by atoms with Gasteiger partial charge in [-0.05, 0) is 17.5 Å². The third kappa shape index (κ3) is 1.71. The molecule has 1 amide bonds. The monoisotopic (exact) mass is 219 g/mol. The average molecular weight is 219 g/mol. The highest BCUT2D eigenvalue weighted by atomic mass is 16.3. The van der Waals surface area contributed by atoms with Crippen LogP contribution >= 0.6 is 0 Å². The second kappa shape index (κ2) is 4.26. The Morgan fingerprint density at radius 1 is 1.38 bits per heavy atom. The third-order valence-corrected chi connectivity index (χ3v) is 3.21. The van der Waals surface area contributed by atoms with E-state index in [0.29, 0.717) is 6.54 Å². The number of fused-ring (bicyclic) bond motifs is 1. The van der Waals surface area contributed by atoms with Crippen molar-refractivity contribution >= 4 is 5.91 Å². The number of aliphatic hydroxyl groups is 1. The van der Waals surface area contributed by atoms with Crippen molar-refractivity contribution in [2.24, 2.45) is 5.92 Å². The molecule has 2 rings (SSSR count). The highest BCUT2D eigenvalue weighted by molar-refractivity contribution is 5.98. The Labute approximate surface area is 95.7 Å². The summed E-state index contributed by atoms with van der Waals surface area (Å²) in [6.07, 6.45) is 0. The van der Waals surface area contributed by atoms with E-state index in [9.17, 15) is 9.90 Å². The van der Waals surface area contributed by atoms with Gasteiger partial charge in [0, 0.05) is 12.1 Å². The number of benzene rings is 1. The lowest BCUT2D eigenvalue weighted by molar-refractivity contribution is 0.0532. The molecule has 0 unspecified atom stereocenters. The summed E-state index contributed by atoms with van der Waals surface area (Å²) in [5.74, 6) is 0.312. The fraction of sp³-hybridized carbons (Fsp3) is 0.462. The lowest BCUT2D eigenvalue weighted by atomic mass is 10.0. The number of hydrogen-bond donors (Lipinski definition) is 1. The smallest absolute Gasteiger partial charge is 0.254 e. The second-order valence-electron chi connectivity index (χ2n) is 4.58. The molecular formula is C13H17NO2. The molecule has 0 radical (unpaired) electrons. The van der Waals surface area contributed by atoms with Crippen LogP contribution in [0.4, 0.5) is 0 Å². The first kappa shape index (κ1) is 11.1. The highest BCUT2D eigenvalue weighted by Crippen LogP contribution is 2.26. The Hall–Kier alpha value is -1.35. The van der Waals surface area contributed by atoms with Crippen molar-refractivity contribution < 1.29 is 9.90 Å². The minimum absolute atomic E-state index is 0.0252. The van der Waals surface area contributed by atoms with E-state index in [0.717, 1.165) is 11.1 Å². The van der Waals surface area contributed by atoms with Gasteiger partial charge in [-0.1, -0.05) is 32.0 Å². The van der Waals surface area contributed by atoms with E-state index in [1.807, 2.05) is 38.1 Å². The number of nitrogens with zero attached hydrogens (tertiary/aromatic N) is 1. The largest absolute Gasteiger partial charge is 0.394 e. The van der Waals surface area contributed by atoms with Crippen LogP contribution in [-0.4, -0.2) is 28.6 Å². The SMILES string of the molecule is CC(C)[C@H](CO)N1Cc2ccccc2C1=O. The Balaban J connectivity index is 2.27. The van der Waals surface area contributed by atoms with Crippen LogP contribution in [0.1, 0.15) is 29.8 Å². The summed E-state index contributed by atoms with van der Waals surface area (Å²) in [6, 6.07) is 7.57. The molecule has 1 heterocycles. The van der Waals surface area contributed by atoms with Crippen molar-refractivity contribution in [1.29, 1.82) is 0 Å². The highest BCUT2D eigenvalue weighted by Gasteiger charge is 2.33. The molecule has 3 nitrogen and oxygen atoms in total.